The number of rotatable bonds is 4. The fourth-order valence-corrected chi connectivity index (χ4v) is 9.47. The van der Waals surface area contributed by atoms with Crippen molar-refractivity contribution < 1.29 is 5.11 Å². The van der Waals surface area contributed by atoms with Gasteiger partial charge in [-0.05, 0) is 104 Å². The van der Waals surface area contributed by atoms with Crippen molar-refractivity contribution in [3.05, 3.63) is 0 Å². The molecule has 0 aromatic heterocycles. The van der Waals surface area contributed by atoms with Crippen molar-refractivity contribution in [3.8, 4) is 0 Å². The third-order valence-corrected chi connectivity index (χ3v) is 11.8. The zero-order valence-corrected chi connectivity index (χ0v) is 20.3. The van der Waals surface area contributed by atoms with Crippen molar-refractivity contribution in [1.29, 1.82) is 0 Å². The molecule has 4 fully saturated rings. The molecule has 29 heavy (non-hydrogen) atoms. The van der Waals surface area contributed by atoms with Gasteiger partial charge in [0.15, 0.2) is 0 Å². The van der Waals surface area contributed by atoms with Gasteiger partial charge >= 0.3 is 0 Å². The van der Waals surface area contributed by atoms with Crippen LogP contribution in [0.25, 0.3) is 0 Å². The van der Waals surface area contributed by atoms with Gasteiger partial charge < -0.3 is 10.8 Å². The Balaban J connectivity index is 1.64. The topological polar surface area (TPSA) is 46.2 Å². The number of hydrogen-bond acceptors (Lipinski definition) is 2. The standard InChI is InChI=1S/C27H49NO/c1-18(2)22(29)17-19(3)24(4)12-8-13-26(6)23(24)11-10-20-21-9-7-14-27(21,28)16-15-25(20,26)5/h18-23,29H,7-17,28H2,1-6H3/t19?,20-,21-,22+,23-,24-,25-,26-,27+/m1/s1. The Morgan fingerprint density at radius 3 is 2.24 bits per heavy atom. The zero-order chi connectivity index (χ0) is 21.2. The van der Waals surface area contributed by atoms with Crippen LogP contribution in [0.15, 0.2) is 0 Å². The monoisotopic (exact) mass is 403 g/mol. The van der Waals surface area contributed by atoms with E-state index in [1.54, 1.807) is 0 Å². The van der Waals surface area contributed by atoms with Gasteiger partial charge in [-0.15, -0.1) is 0 Å². The second kappa shape index (κ2) is 7.22. The van der Waals surface area contributed by atoms with Crippen LogP contribution in [0.4, 0.5) is 0 Å². The molecule has 0 saturated heterocycles. The molecule has 0 heterocycles. The Bertz CT molecular complexity index is 618. The number of aliphatic hydroxyl groups is 1. The highest BCUT2D eigenvalue weighted by atomic mass is 16.3. The molecule has 9 atom stereocenters. The lowest BCUT2D eigenvalue weighted by molar-refractivity contribution is -0.202. The average molecular weight is 404 g/mol. The second-order valence-electron chi connectivity index (χ2n) is 13.1. The van der Waals surface area contributed by atoms with Crippen molar-refractivity contribution in [2.45, 2.75) is 124 Å². The molecule has 0 amide bonds. The average Bonchev–Trinajstić information content (AvgIpc) is 3.04. The SMILES string of the molecule is CC(C)[C@@H](O)CC(C)[C@@]1(C)CCC[C@]2(C)[C@@H]1CC[C@@H]1[C@H]3CCC[C@]3(N)CC[C@]12C. The van der Waals surface area contributed by atoms with Gasteiger partial charge in [0.1, 0.15) is 0 Å². The van der Waals surface area contributed by atoms with Gasteiger partial charge in [0.2, 0.25) is 0 Å². The van der Waals surface area contributed by atoms with Crippen molar-refractivity contribution in [2.75, 3.05) is 0 Å². The Morgan fingerprint density at radius 1 is 0.828 bits per heavy atom. The molecule has 3 N–H and O–H groups in total. The summed E-state index contributed by atoms with van der Waals surface area (Å²) in [6, 6.07) is 0. The van der Waals surface area contributed by atoms with Gasteiger partial charge in [-0.3, -0.25) is 0 Å². The van der Waals surface area contributed by atoms with Crippen molar-refractivity contribution in [1.82, 2.24) is 0 Å². The molecule has 2 nitrogen and oxygen atoms in total. The van der Waals surface area contributed by atoms with Crippen molar-refractivity contribution in [2.24, 2.45) is 51.6 Å². The second-order valence-corrected chi connectivity index (χ2v) is 13.1. The Morgan fingerprint density at radius 2 is 1.55 bits per heavy atom. The number of aliphatic hydroxyl groups excluding tert-OH is 1. The van der Waals surface area contributed by atoms with Crippen LogP contribution in [0, 0.1) is 45.8 Å². The van der Waals surface area contributed by atoms with Gasteiger partial charge in [0, 0.05) is 5.54 Å². The van der Waals surface area contributed by atoms with Crippen LogP contribution < -0.4 is 5.73 Å². The lowest BCUT2D eigenvalue weighted by Gasteiger charge is -2.70. The summed E-state index contributed by atoms with van der Waals surface area (Å²) in [5.74, 6) is 3.36. The van der Waals surface area contributed by atoms with Crippen LogP contribution in [0.5, 0.6) is 0 Å². The highest BCUT2D eigenvalue weighted by Gasteiger charge is 2.66. The molecule has 4 saturated carbocycles. The molecule has 2 heteroatoms. The minimum absolute atomic E-state index is 0.153. The summed E-state index contributed by atoms with van der Waals surface area (Å²) >= 11 is 0. The quantitative estimate of drug-likeness (QED) is 0.559. The van der Waals surface area contributed by atoms with E-state index in [4.69, 9.17) is 5.73 Å². The van der Waals surface area contributed by atoms with E-state index in [0.717, 1.165) is 24.2 Å². The van der Waals surface area contributed by atoms with Crippen LogP contribution in [0.3, 0.4) is 0 Å². The molecule has 4 rings (SSSR count). The Hall–Kier alpha value is -0.0800. The lowest BCUT2D eigenvalue weighted by Crippen LogP contribution is -2.65. The van der Waals surface area contributed by atoms with E-state index in [1.807, 2.05) is 0 Å². The van der Waals surface area contributed by atoms with Gasteiger partial charge in [0.05, 0.1) is 6.10 Å². The van der Waals surface area contributed by atoms with Gasteiger partial charge in [0.25, 0.3) is 0 Å². The maximum atomic E-state index is 10.7. The Kier molecular flexibility index (Phi) is 5.51. The van der Waals surface area contributed by atoms with Gasteiger partial charge in [-0.25, -0.2) is 0 Å². The van der Waals surface area contributed by atoms with E-state index in [-0.39, 0.29) is 11.6 Å². The summed E-state index contributed by atoms with van der Waals surface area (Å²) in [7, 11) is 0. The molecule has 0 spiro atoms. The van der Waals surface area contributed by atoms with Crippen molar-refractivity contribution in [3.63, 3.8) is 0 Å². The predicted molar refractivity (Wildman–Crippen MR) is 123 cm³/mol. The van der Waals surface area contributed by atoms with E-state index < -0.39 is 0 Å². The molecule has 0 aromatic carbocycles. The molecule has 4 aliphatic rings. The van der Waals surface area contributed by atoms with E-state index >= 15 is 0 Å². The smallest absolute Gasteiger partial charge is 0.0565 e. The number of nitrogens with two attached hydrogens (primary N) is 1. The first-order valence-corrected chi connectivity index (χ1v) is 12.9. The van der Waals surface area contributed by atoms with Crippen LogP contribution in [-0.2, 0) is 0 Å². The summed E-state index contributed by atoms with van der Waals surface area (Å²) in [5, 5.41) is 10.7. The zero-order valence-electron chi connectivity index (χ0n) is 20.3. The number of fused-ring (bicyclic) bond motifs is 5. The molecule has 168 valence electrons. The highest BCUT2D eigenvalue weighted by Crippen LogP contribution is 2.73. The lowest BCUT2D eigenvalue weighted by atomic mass is 9.35. The summed E-state index contributed by atoms with van der Waals surface area (Å²) in [4.78, 5) is 0. The third-order valence-electron chi connectivity index (χ3n) is 11.8. The molecular formula is C27H49NO. The maximum Gasteiger partial charge on any atom is 0.0565 e. The van der Waals surface area contributed by atoms with Gasteiger partial charge in [-0.2, -0.15) is 0 Å². The normalized spacial score (nSPS) is 51.8. The van der Waals surface area contributed by atoms with Crippen LogP contribution >= 0.6 is 0 Å². The van der Waals surface area contributed by atoms with Crippen molar-refractivity contribution >= 4 is 0 Å². The molecule has 4 aliphatic carbocycles. The van der Waals surface area contributed by atoms with Crippen LogP contribution in [0.1, 0.15) is 112 Å². The minimum atomic E-state index is -0.159. The summed E-state index contributed by atoms with van der Waals surface area (Å²) in [6.07, 6.45) is 14.3. The van der Waals surface area contributed by atoms with Crippen LogP contribution in [0.2, 0.25) is 0 Å². The van der Waals surface area contributed by atoms with Crippen LogP contribution in [-0.4, -0.2) is 16.7 Å². The van der Waals surface area contributed by atoms with E-state index in [1.165, 1.54) is 64.2 Å². The molecular weight excluding hydrogens is 354 g/mol. The molecule has 1 unspecified atom stereocenters. The maximum absolute atomic E-state index is 10.7. The molecule has 0 aromatic rings. The van der Waals surface area contributed by atoms with E-state index in [2.05, 4.69) is 41.5 Å². The molecule has 0 radical (unpaired) electrons. The fourth-order valence-electron chi connectivity index (χ4n) is 9.47. The highest BCUT2D eigenvalue weighted by molar-refractivity contribution is 5.17. The first-order valence-electron chi connectivity index (χ1n) is 12.9. The summed E-state index contributed by atoms with van der Waals surface area (Å²) in [5.41, 5.74) is 8.40. The fraction of sp³-hybridized carbons (Fsp3) is 1.00. The van der Waals surface area contributed by atoms with E-state index in [9.17, 15) is 5.11 Å². The number of hydrogen-bond donors (Lipinski definition) is 2. The Labute approximate surface area is 180 Å². The van der Waals surface area contributed by atoms with Gasteiger partial charge in [-0.1, -0.05) is 54.4 Å². The summed E-state index contributed by atoms with van der Waals surface area (Å²) < 4.78 is 0. The third kappa shape index (κ3) is 3.09. The summed E-state index contributed by atoms with van der Waals surface area (Å²) in [6.45, 7) is 14.8. The first kappa shape index (κ1) is 22.1. The molecule has 0 bridgehead atoms. The first-order chi connectivity index (χ1) is 13.5. The van der Waals surface area contributed by atoms with E-state index in [0.29, 0.717) is 28.1 Å². The minimum Gasteiger partial charge on any atom is -0.393 e. The predicted octanol–water partition coefficient (Wildman–Crippen LogP) is 6.55. The molecule has 0 aliphatic heterocycles. The largest absolute Gasteiger partial charge is 0.393 e.